The first-order chi connectivity index (χ1) is 18.5. The number of aromatic nitrogens is 2. The van der Waals surface area contributed by atoms with Crippen molar-refractivity contribution in [1.82, 2.24) is 14.5 Å². The molecular formula is C31H29N3O4. The molecule has 7 heteroatoms. The van der Waals surface area contributed by atoms with E-state index in [9.17, 15) is 9.59 Å². The number of nitrogens with zero attached hydrogens (tertiary/aromatic N) is 3. The Hall–Kier alpha value is -4.49. The van der Waals surface area contributed by atoms with Crippen molar-refractivity contribution in [2.24, 2.45) is 0 Å². The molecule has 0 saturated heterocycles. The van der Waals surface area contributed by atoms with E-state index in [2.05, 4.69) is 0 Å². The lowest BCUT2D eigenvalue weighted by molar-refractivity contribution is 0.0607. The topological polar surface area (TPSA) is 73.7 Å². The van der Waals surface area contributed by atoms with E-state index < -0.39 is 6.04 Å². The Morgan fingerprint density at radius 3 is 2.37 bits per heavy atom. The summed E-state index contributed by atoms with van der Waals surface area (Å²) < 4.78 is 12.5. The Morgan fingerprint density at radius 1 is 0.895 bits per heavy atom. The highest BCUT2D eigenvalue weighted by atomic mass is 16.5. The van der Waals surface area contributed by atoms with Crippen LogP contribution in [0.4, 0.5) is 0 Å². The van der Waals surface area contributed by atoms with Gasteiger partial charge in [-0.05, 0) is 48.0 Å². The highest BCUT2D eigenvalue weighted by molar-refractivity contribution is 6.07. The fourth-order valence-corrected chi connectivity index (χ4v) is 4.84. The standard InChI is InChI=1S/C31H29N3O4/c1-21(33(19-20-37-2)30(35)24-15-10-12-22-11-4-5-13-23(22)24)29-32-26-16-7-6-14-25(26)31(36)34(29)27-17-8-9-18-28(27)38-3/h4-18,21H,19-20H2,1-3H3. The summed E-state index contributed by atoms with van der Waals surface area (Å²) >= 11 is 0. The molecule has 0 N–H and O–H groups in total. The number of benzene rings is 4. The van der Waals surface area contributed by atoms with Crippen LogP contribution in [0.5, 0.6) is 5.75 Å². The zero-order valence-electron chi connectivity index (χ0n) is 21.6. The van der Waals surface area contributed by atoms with Gasteiger partial charge in [-0.3, -0.25) is 14.2 Å². The smallest absolute Gasteiger partial charge is 0.266 e. The number of carbonyl (C=O) groups excluding carboxylic acids is 1. The number of fused-ring (bicyclic) bond motifs is 2. The lowest BCUT2D eigenvalue weighted by Gasteiger charge is -2.31. The van der Waals surface area contributed by atoms with E-state index in [-0.39, 0.29) is 11.5 Å². The van der Waals surface area contributed by atoms with Crippen LogP contribution in [0.1, 0.15) is 29.1 Å². The van der Waals surface area contributed by atoms with Crippen molar-refractivity contribution in [2.45, 2.75) is 13.0 Å². The minimum absolute atomic E-state index is 0.166. The van der Waals surface area contributed by atoms with Crippen molar-refractivity contribution in [3.05, 3.63) is 113 Å². The van der Waals surface area contributed by atoms with Gasteiger partial charge in [-0.15, -0.1) is 0 Å². The van der Waals surface area contributed by atoms with Gasteiger partial charge < -0.3 is 14.4 Å². The molecule has 192 valence electrons. The van der Waals surface area contributed by atoms with Gasteiger partial charge in [-0.2, -0.15) is 0 Å². The number of rotatable bonds is 8. The summed E-state index contributed by atoms with van der Waals surface area (Å²) in [5, 5.41) is 2.33. The molecule has 1 heterocycles. The third kappa shape index (κ3) is 4.53. The van der Waals surface area contributed by atoms with E-state index in [1.165, 1.54) is 0 Å². The van der Waals surface area contributed by atoms with Crippen LogP contribution < -0.4 is 10.3 Å². The highest BCUT2D eigenvalue weighted by Gasteiger charge is 2.29. The molecule has 1 aromatic heterocycles. The molecule has 0 aliphatic rings. The molecule has 0 aliphatic carbocycles. The van der Waals surface area contributed by atoms with Crippen LogP contribution in [0.2, 0.25) is 0 Å². The lowest BCUT2D eigenvalue weighted by atomic mass is 10.0. The third-order valence-electron chi connectivity index (χ3n) is 6.79. The van der Waals surface area contributed by atoms with Crippen LogP contribution in [-0.4, -0.2) is 47.7 Å². The van der Waals surface area contributed by atoms with E-state index >= 15 is 0 Å². The van der Waals surface area contributed by atoms with Gasteiger partial charge in [0.05, 0.1) is 36.3 Å². The molecule has 1 amide bonds. The Bertz CT molecular complexity index is 1670. The van der Waals surface area contributed by atoms with Gasteiger partial charge in [-0.1, -0.05) is 60.7 Å². The quantitative estimate of drug-likeness (QED) is 0.281. The monoisotopic (exact) mass is 507 g/mol. The Labute approximate surface area is 220 Å². The first kappa shape index (κ1) is 25.2. The van der Waals surface area contributed by atoms with Crippen LogP contribution in [0.25, 0.3) is 27.4 Å². The first-order valence-electron chi connectivity index (χ1n) is 12.5. The maximum atomic E-state index is 14.1. The largest absolute Gasteiger partial charge is 0.495 e. The third-order valence-corrected chi connectivity index (χ3v) is 6.79. The number of carbonyl (C=O) groups is 1. The van der Waals surface area contributed by atoms with Crippen LogP contribution in [-0.2, 0) is 4.74 Å². The zero-order chi connectivity index (χ0) is 26.6. The second-order valence-corrected chi connectivity index (χ2v) is 8.99. The van der Waals surface area contributed by atoms with E-state index in [1.54, 1.807) is 35.8 Å². The summed E-state index contributed by atoms with van der Waals surface area (Å²) in [4.78, 5) is 34.7. The molecule has 5 rings (SSSR count). The predicted molar refractivity (Wildman–Crippen MR) is 149 cm³/mol. The summed E-state index contributed by atoms with van der Waals surface area (Å²) in [6.45, 7) is 2.53. The molecule has 0 fully saturated rings. The minimum atomic E-state index is -0.571. The van der Waals surface area contributed by atoms with Gasteiger partial charge >= 0.3 is 0 Å². The van der Waals surface area contributed by atoms with Crippen LogP contribution in [0.15, 0.2) is 95.8 Å². The summed E-state index contributed by atoms with van der Waals surface area (Å²) in [5.74, 6) is 0.798. The number of ether oxygens (including phenoxy) is 2. The fraction of sp³-hybridized carbons (Fsp3) is 0.194. The molecule has 1 unspecified atom stereocenters. The van der Waals surface area contributed by atoms with Crippen molar-refractivity contribution in [3.63, 3.8) is 0 Å². The minimum Gasteiger partial charge on any atom is -0.495 e. The van der Waals surface area contributed by atoms with Crippen molar-refractivity contribution in [2.75, 3.05) is 27.4 Å². The summed E-state index contributed by atoms with van der Waals surface area (Å²) in [6.07, 6.45) is 0. The average molecular weight is 508 g/mol. The predicted octanol–water partition coefficient (Wildman–Crippen LogP) is 5.40. The van der Waals surface area contributed by atoms with Gasteiger partial charge in [0, 0.05) is 19.2 Å². The van der Waals surface area contributed by atoms with Gasteiger partial charge in [-0.25, -0.2) is 4.98 Å². The summed E-state index contributed by atoms with van der Waals surface area (Å²) in [6, 6.07) is 27.5. The molecular weight excluding hydrogens is 478 g/mol. The molecule has 0 spiro atoms. The second kappa shape index (κ2) is 10.9. The van der Waals surface area contributed by atoms with E-state index in [4.69, 9.17) is 14.5 Å². The molecule has 7 nitrogen and oxygen atoms in total. The second-order valence-electron chi connectivity index (χ2n) is 8.99. The van der Waals surface area contributed by atoms with Crippen LogP contribution >= 0.6 is 0 Å². The van der Waals surface area contributed by atoms with Crippen molar-refractivity contribution in [3.8, 4) is 11.4 Å². The summed E-state index contributed by atoms with van der Waals surface area (Å²) in [7, 11) is 3.17. The van der Waals surface area contributed by atoms with Gasteiger partial charge in [0.25, 0.3) is 11.5 Å². The SMILES string of the molecule is COCCN(C(=O)c1cccc2ccccc12)C(C)c1nc2ccccc2c(=O)n1-c1ccccc1OC. The normalized spacial score (nSPS) is 12.0. The fourth-order valence-electron chi connectivity index (χ4n) is 4.84. The molecule has 38 heavy (non-hydrogen) atoms. The number of hydrogen-bond donors (Lipinski definition) is 0. The van der Waals surface area contributed by atoms with E-state index in [0.29, 0.717) is 46.9 Å². The molecule has 1 atom stereocenters. The molecule has 0 bridgehead atoms. The molecule has 0 aliphatic heterocycles. The molecule has 5 aromatic rings. The molecule has 4 aromatic carbocycles. The summed E-state index contributed by atoms with van der Waals surface area (Å²) in [5.41, 5.74) is 1.48. The van der Waals surface area contributed by atoms with Crippen molar-refractivity contribution >= 4 is 27.6 Å². The highest BCUT2D eigenvalue weighted by Crippen LogP contribution is 2.29. The zero-order valence-corrected chi connectivity index (χ0v) is 21.6. The van der Waals surface area contributed by atoms with Crippen molar-refractivity contribution in [1.29, 1.82) is 0 Å². The lowest BCUT2D eigenvalue weighted by Crippen LogP contribution is -2.39. The van der Waals surface area contributed by atoms with Gasteiger partial charge in [0.2, 0.25) is 0 Å². The maximum absolute atomic E-state index is 14.1. The first-order valence-corrected chi connectivity index (χ1v) is 12.5. The van der Waals surface area contributed by atoms with Gasteiger partial charge in [0.15, 0.2) is 0 Å². The Morgan fingerprint density at radius 2 is 1.58 bits per heavy atom. The number of methoxy groups -OCH3 is 2. The Kier molecular flexibility index (Phi) is 7.20. The maximum Gasteiger partial charge on any atom is 0.266 e. The van der Waals surface area contributed by atoms with E-state index in [1.807, 2.05) is 85.8 Å². The van der Waals surface area contributed by atoms with Crippen LogP contribution in [0.3, 0.4) is 0 Å². The van der Waals surface area contributed by atoms with Gasteiger partial charge in [0.1, 0.15) is 11.6 Å². The van der Waals surface area contributed by atoms with Crippen molar-refractivity contribution < 1.29 is 14.3 Å². The average Bonchev–Trinajstić information content (AvgIpc) is 2.96. The number of amides is 1. The molecule has 0 radical (unpaired) electrons. The number of hydrogen-bond acceptors (Lipinski definition) is 5. The van der Waals surface area contributed by atoms with E-state index in [0.717, 1.165) is 10.8 Å². The Balaban J connectivity index is 1.72. The van der Waals surface area contributed by atoms with Crippen LogP contribution in [0, 0.1) is 0 Å². The number of para-hydroxylation sites is 3. The molecule has 0 saturated carbocycles.